The number of hydrogen-bond acceptors (Lipinski definition) is 3. The molecule has 0 saturated heterocycles. The van der Waals surface area contributed by atoms with E-state index in [1.54, 1.807) is 13.0 Å². The Bertz CT molecular complexity index is 518. The fourth-order valence-corrected chi connectivity index (χ4v) is 1.73. The second-order valence-corrected chi connectivity index (χ2v) is 4.14. The summed E-state index contributed by atoms with van der Waals surface area (Å²) in [5.74, 6) is -0.349. The summed E-state index contributed by atoms with van der Waals surface area (Å²) in [4.78, 5) is 11.1. The number of hydrogen-bond donors (Lipinski definition) is 0. The van der Waals surface area contributed by atoms with Gasteiger partial charge in [-0.2, -0.15) is 18.4 Å². The lowest BCUT2D eigenvalue weighted by Crippen LogP contribution is -2.07. The predicted octanol–water partition coefficient (Wildman–Crippen LogP) is 3.46. The van der Waals surface area contributed by atoms with Gasteiger partial charge in [-0.05, 0) is 37.5 Å². The third-order valence-corrected chi connectivity index (χ3v) is 2.69. The molecule has 0 heterocycles. The van der Waals surface area contributed by atoms with E-state index in [2.05, 4.69) is 0 Å². The number of ether oxygens (including phenoxy) is 1. The summed E-state index contributed by atoms with van der Waals surface area (Å²) < 4.78 is 42.3. The van der Waals surface area contributed by atoms with Gasteiger partial charge in [0.25, 0.3) is 0 Å². The van der Waals surface area contributed by atoms with Crippen molar-refractivity contribution in [1.82, 2.24) is 0 Å². The zero-order valence-corrected chi connectivity index (χ0v) is 11.0. The van der Waals surface area contributed by atoms with Gasteiger partial charge in [0, 0.05) is 6.42 Å². The molecule has 0 aromatic heterocycles. The normalized spacial score (nSPS) is 10.9. The van der Waals surface area contributed by atoms with Gasteiger partial charge in [-0.3, -0.25) is 4.79 Å². The first-order chi connectivity index (χ1) is 9.38. The zero-order chi connectivity index (χ0) is 15.2. The second-order valence-electron chi connectivity index (χ2n) is 4.14. The van der Waals surface area contributed by atoms with E-state index in [0.717, 1.165) is 12.1 Å². The lowest BCUT2D eigenvalue weighted by molar-refractivity contribution is -0.143. The SMILES string of the molecule is CCOC(=O)CCCc1ccc(C(F)(F)F)cc1C#N. The van der Waals surface area contributed by atoms with Crippen LogP contribution in [0.1, 0.15) is 36.5 Å². The van der Waals surface area contributed by atoms with E-state index in [0.29, 0.717) is 25.0 Å². The van der Waals surface area contributed by atoms with Crippen molar-refractivity contribution < 1.29 is 22.7 Å². The molecule has 0 spiro atoms. The number of benzene rings is 1. The number of esters is 1. The average Bonchev–Trinajstić information content (AvgIpc) is 2.38. The van der Waals surface area contributed by atoms with E-state index in [1.165, 1.54) is 6.07 Å². The molecule has 0 saturated carbocycles. The van der Waals surface area contributed by atoms with Crippen molar-refractivity contribution in [2.45, 2.75) is 32.4 Å². The molecule has 0 aliphatic heterocycles. The molecule has 1 rings (SSSR count). The highest BCUT2D eigenvalue weighted by atomic mass is 19.4. The topological polar surface area (TPSA) is 50.1 Å². The van der Waals surface area contributed by atoms with Gasteiger partial charge in [0.2, 0.25) is 0 Å². The summed E-state index contributed by atoms with van der Waals surface area (Å²) in [7, 11) is 0. The molecule has 3 nitrogen and oxygen atoms in total. The molecule has 20 heavy (non-hydrogen) atoms. The average molecular weight is 285 g/mol. The molecule has 1 aromatic rings. The number of alkyl halides is 3. The van der Waals surface area contributed by atoms with E-state index >= 15 is 0 Å². The minimum Gasteiger partial charge on any atom is -0.466 e. The summed E-state index contributed by atoms with van der Waals surface area (Å²) in [5.41, 5.74) is -0.350. The third-order valence-electron chi connectivity index (χ3n) is 2.69. The van der Waals surface area contributed by atoms with Crippen LogP contribution in [0.15, 0.2) is 18.2 Å². The van der Waals surface area contributed by atoms with Crippen LogP contribution in [0.25, 0.3) is 0 Å². The van der Waals surface area contributed by atoms with Gasteiger partial charge < -0.3 is 4.74 Å². The number of halogens is 3. The zero-order valence-electron chi connectivity index (χ0n) is 11.0. The fraction of sp³-hybridized carbons (Fsp3) is 0.429. The number of rotatable bonds is 5. The summed E-state index contributed by atoms with van der Waals surface area (Å²) in [6, 6.07) is 4.82. The Kier molecular flexibility index (Phi) is 5.56. The minimum atomic E-state index is -4.46. The molecule has 0 aliphatic carbocycles. The Hall–Kier alpha value is -2.03. The first-order valence-electron chi connectivity index (χ1n) is 6.14. The van der Waals surface area contributed by atoms with E-state index < -0.39 is 11.7 Å². The van der Waals surface area contributed by atoms with Crippen molar-refractivity contribution in [3.63, 3.8) is 0 Å². The number of nitrogens with zero attached hydrogens (tertiary/aromatic N) is 1. The van der Waals surface area contributed by atoms with Crippen molar-refractivity contribution in [2.75, 3.05) is 6.61 Å². The van der Waals surface area contributed by atoms with Crippen LogP contribution in [0, 0.1) is 11.3 Å². The Labute approximate surface area is 115 Å². The van der Waals surface area contributed by atoms with Gasteiger partial charge >= 0.3 is 12.1 Å². The van der Waals surface area contributed by atoms with Gasteiger partial charge in [-0.25, -0.2) is 0 Å². The standard InChI is InChI=1S/C14H14F3NO2/c1-2-20-13(19)5-3-4-10-6-7-12(14(15,16)17)8-11(10)9-18/h6-8H,2-5H2,1H3. The van der Waals surface area contributed by atoms with Crippen LogP contribution < -0.4 is 0 Å². The largest absolute Gasteiger partial charge is 0.466 e. The molecule has 0 aliphatic rings. The Balaban J connectivity index is 2.72. The first kappa shape index (κ1) is 16.0. The van der Waals surface area contributed by atoms with E-state index in [9.17, 15) is 18.0 Å². The summed E-state index contributed by atoms with van der Waals surface area (Å²) in [6.07, 6.45) is -3.49. The van der Waals surface area contributed by atoms with Crippen LogP contribution in [0.5, 0.6) is 0 Å². The maximum absolute atomic E-state index is 12.5. The summed E-state index contributed by atoms with van der Waals surface area (Å²) in [6.45, 7) is 1.99. The third kappa shape index (κ3) is 4.57. The lowest BCUT2D eigenvalue weighted by Gasteiger charge is -2.09. The van der Waals surface area contributed by atoms with Crippen LogP contribution in [0.4, 0.5) is 13.2 Å². The monoisotopic (exact) mass is 285 g/mol. The predicted molar refractivity (Wildman–Crippen MR) is 65.7 cm³/mol. The number of aryl methyl sites for hydroxylation is 1. The summed E-state index contributed by atoms with van der Waals surface area (Å²) >= 11 is 0. The molecular formula is C14H14F3NO2. The van der Waals surface area contributed by atoms with Gasteiger partial charge in [-0.1, -0.05) is 6.07 Å². The molecule has 0 N–H and O–H groups in total. The molecule has 6 heteroatoms. The number of carbonyl (C=O) groups is 1. The molecule has 0 radical (unpaired) electrons. The van der Waals surface area contributed by atoms with Crippen molar-refractivity contribution in [1.29, 1.82) is 5.26 Å². The Morgan fingerprint density at radius 1 is 1.40 bits per heavy atom. The van der Waals surface area contributed by atoms with Crippen LogP contribution in [0.2, 0.25) is 0 Å². The Morgan fingerprint density at radius 3 is 2.65 bits per heavy atom. The minimum absolute atomic E-state index is 0.0105. The van der Waals surface area contributed by atoms with Crippen molar-refractivity contribution in [3.8, 4) is 6.07 Å². The van der Waals surface area contributed by atoms with Crippen molar-refractivity contribution in [2.24, 2.45) is 0 Å². The van der Waals surface area contributed by atoms with Crippen LogP contribution >= 0.6 is 0 Å². The van der Waals surface area contributed by atoms with Gasteiger partial charge in [0.1, 0.15) is 0 Å². The van der Waals surface area contributed by atoms with Gasteiger partial charge in [-0.15, -0.1) is 0 Å². The van der Waals surface area contributed by atoms with Crippen molar-refractivity contribution in [3.05, 3.63) is 34.9 Å². The number of nitriles is 1. The smallest absolute Gasteiger partial charge is 0.416 e. The van der Waals surface area contributed by atoms with E-state index in [1.807, 2.05) is 0 Å². The summed E-state index contributed by atoms with van der Waals surface area (Å²) in [5, 5.41) is 8.89. The highest BCUT2D eigenvalue weighted by molar-refractivity contribution is 5.69. The highest BCUT2D eigenvalue weighted by Crippen LogP contribution is 2.30. The molecule has 0 atom stereocenters. The molecular weight excluding hydrogens is 271 g/mol. The van der Waals surface area contributed by atoms with Gasteiger partial charge in [0.15, 0.2) is 0 Å². The number of carbonyl (C=O) groups excluding carboxylic acids is 1. The molecule has 1 aromatic carbocycles. The fourth-order valence-electron chi connectivity index (χ4n) is 1.73. The van der Waals surface area contributed by atoms with Gasteiger partial charge in [0.05, 0.1) is 23.8 Å². The van der Waals surface area contributed by atoms with Crippen LogP contribution in [-0.4, -0.2) is 12.6 Å². The van der Waals surface area contributed by atoms with Crippen LogP contribution in [0.3, 0.4) is 0 Å². The van der Waals surface area contributed by atoms with Crippen molar-refractivity contribution >= 4 is 5.97 Å². The molecule has 0 bridgehead atoms. The molecule has 108 valence electrons. The van der Waals surface area contributed by atoms with Crippen LogP contribution in [-0.2, 0) is 22.1 Å². The second kappa shape index (κ2) is 6.94. The first-order valence-corrected chi connectivity index (χ1v) is 6.14. The molecule has 0 amide bonds. The van der Waals surface area contributed by atoms with E-state index in [-0.39, 0.29) is 18.0 Å². The molecule has 0 unspecified atom stereocenters. The maximum atomic E-state index is 12.5. The van der Waals surface area contributed by atoms with E-state index in [4.69, 9.17) is 10.00 Å². The molecule has 0 fully saturated rings. The quantitative estimate of drug-likeness (QED) is 0.778. The Morgan fingerprint density at radius 2 is 2.10 bits per heavy atom. The maximum Gasteiger partial charge on any atom is 0.416 e. The lowest BCUT2D eigenvalue weighted by atomic mass is 10.00. The highest BCUT2D eigenvalue weighted by Gasteiger charge is 2.30.